The van der Waals surface area contributed by atoms with Crippen molar-refractivity contribution in [2.24, 2.45) is 5.92 Å². The molecule has 184 valence electrons. The lowest BCUT2D eigenvalue weighted by Crippen LogP contribution is -2.48. The summed E-state index contributed by atoms with van der Waals surface area (Å²) in [6.45, 7) is 10.9. The van der Waals surface area contributed by atoms with E-state index < -0.39 is 12.1 Å². The van der Waals surface area contributed by atoms with Gasteiger partial charge in [0.25, 0.3) is 5.91 Å². The molecule has 0 aliphatic carbocycles. The van der Waals surface area contributed by atoms with Gasteiger partial charge >= 0.3 is 6.03 Å². The Morgan fingerprint density at radius 2 is 1.59 bits per heavy atom. The Morgan fingerprint density at radius 1 is 0.941 bits per heavy atom. The van der Waals surface area contributed by atoms with Crippen molar-refractivity contribution in [3.63, 3.8) is 0 Å². The zero-order valence-electron chi connectivity index (χ0n) is 20.7. The lowest BCUT2D eigenvalue weighted by Gasteiger charge is -2.21. The Bertz CT molecular complexity index is 953. The van der Waals surface area contributed by atoms with Crippen LogP contribution in [0.2, 0.25) is 0 Å². The van der Waals surface area contributed by atoms with Crippen molar-refractivity contribution in [2.75, 3.05) is 11.9 Å². The molecule has 1 atom stereocenters. The fraction of sp³-hybridized carbons (Fsp3) is 0.423. The van der Waals surface area contributed by atoms with Crippen LogP contribution in [-0.2, 0) is 11.3 Å². The summed E-state index contributed by atoms with van der Waals surface area (Å²) in [5.41, 5.74) is 9.54. The number of hydrogen-bond donors (Lipinski definition) is 5. The van der Waals surface area contributed by atoms with Crippen molar-refractivity contribution in [3.8, 4) is 0 Å². The van der Waals surface area contributed by atoms with E-state index in [1.54, 1.807) is 24.3 Å². The first-order valence-corrected chi connectivity index (χ1v) is 11.7. The minimum Gasteiger partial charge on any atom is -0.350 e. The van der Waals surface area contributed by atoms with E-state index in [-0.39, 0.29) is 17.7 Å². The molecular weight excluding hydrogens is 430 g/mol. The number of carbonyl (C=O) groups excluding carboxylic acids is 3. The molecule has 0 saturated carbocycles. The first-order valence-electron chi connectivity index (χ1n) is 11.7. The standard InChI is InChI=1S/C26H37N5O3/c1-6-14-28-31-24(32)21-12-10-20(11-13-21)16-27-25(33)22(15-17(2)3)29-26(34)30-23-18(4)8-7-9-19(23)5/h7-13,17,22,28H,6,14-16H2,1-5H3,(H,27,33)(H,31,32)(H2,29,30,34)/t22-/m0/s1. The van der Waals surface area contributed by atoms with Crippen LogP contribution in [0.4, 0.5) is 10.5 Å². The van der Waals surface area contributed by atoms with E-state index in [0.29, 0.717) is 25.1 Å². The number of urea groups is 1. The van der Waals surface area contributed by atoms with Crippen LogP contribution in [0.15, 0.2) is 42.5 Å². The molecule has 0 fully saturated rings. The molecule has 5 N–H and O–H groups in total. The van der Waals surface area contributed by atoms with Gasteiger partial charge in [-0.05, 0) is 61.4 Å². The zero-order valence-corrected chi connectivity index (χ0v) is 20.7. The van der Waals surface area contributed by atoms with Gasteiger partial charge in [-0.2, -0.15) is 0 Å². The molecule has 0 unspecified atom stereocenters. The van der Waals surface area contributed by atoms with Crippen LogP contribution >= 0.6 is 0 Å². The fourth-order valence-electron chi connectivity index (χ4n) is 3.45. The average molecular weight is 468 g/mol. The second-order valence-electron chi connectivity index (χ2n) is 8.84. The highest BCUT2D eigenvalue weighted by Gasteiger charge is 2.22. The molecule has 0 saturated heterocycles. The smallest absolute Gasteiger partial charge is 0.319 e. The van der Waals surface area contributed by atoms with Crippen LogP contribution in [0, 0.1) is 19.8 Å². The average Bonchev–Trinajstić information content (AvgIpc) is 2.79. The Kier molecular flexibility index (Phi) is 10.5. The molecule has 8 nitrogen and oxygen atoms in total. The highest BCUT2D eigenvalue weighted by atomic mass is 16.2. The summed E-state index contributed by atoms with van der Waals surface area (Å²) in [6, 6.07) is 11.7. The van der Waals surface area contributed by atoms with Crippen molar-refractivity contribution in [3.05, 3.63) is 64.7 Å². The van der Waals surface area contributed by atoms with Crippen LogP contribution in [-0.4, -0.2) is 30.4 Å². The molecule has 4 amide bonds. The van der Waals surface area contributed by atoms with Crippen LogP contribution in [0.1, 0.15) is 60.7 Å². The molecule has 0 bridgehead atoms. The van der Waals surface area contributed by atoms with Gasteiger partial charge in [0, 0.05) is 24.3 Å². The SMILES string of the molecule is CCCNNC(=O)c1ccc(CNC(=O)[C@H](CC(C)C)NC(=O)Nc2c(C)cccc2C)cc1. The monoisotopic (exact) mass is 467 g/mol. The van der Waals surface area contributed by atoms with Gasteiger partial charge in [0.1, 0.15) is 6.04 Å². The molecule has 0 radical (unpaired) electrons. The second-order valence-corrected chi connectivity index (χ2v) is 8.84. The Balaban J connectivity index is 1.94. The quantitative estimate of drug-likeness (QED) is 0.256. The minimum atomic E-state index is -0.668. The molecule has 0 aliphatic rings. The summed E-state index contributed by atoms with van der Waals surface area (Å²) in [5.74, 6) is -0.244. The van der Waals surface area contributed by atoms with E-state index >= 15 is 0 Å². The third-order valence-electron chi connectivity index (χ3n) is 5.31. The van der Waals surface area contributed by atoms with E-state index in [2.05, 4.69) is 26.8 Å². The number of anilines is 1. The van der Waals surface area contributed by atoms with Crippen LogP contribution in [0.25, 0.3) is 0 Å². The third kappa shape index (κ3) is 8.51. The van der Waals surface area contributed by atoms with E-state index in [1.165, 1.54) is 0 Å². The Morgan fingerprint density at radius 3 is 2.18 bits per heavy atom. The predicted octanol–water partition coefficient (Wildman–Crippen LogP) is 3.80. The summed E-state index contributed by atoms with van der Waals surface area (Å²) in [4.78, 5) is 37.6. The summed E-state index contributed by atoms with van der Waals surface area (Å²) in [7, 11) is 0. The largest absolute Gasteiger partial charge is 0.350 e. The molecule has 34 heavy (non-hydrogen) atoms. The van der Waals surface area contributed by atoms with Crippen LogP contribution < -0.4 is 26.8 Å². The van der Waals surface area contributed by atoms with E-state index in [1.807, 2.05) is 52.8 Å². The number of benzene rings is 2. The summed E-state index contributed by atoms with van der Waals surface area (Å²) in [6.07, 6.45) is 1.43. The number of hydrogen-bond acceptors (Lipinski definition) is 4. The second kappa shape index (κ2) is 13.3. The molecule has 0 heterocycles. The van der Waals surface area contributed by atoms with Gasteiger partial charge in [-0.25, -0.2) is 10.2 Å². The number of rotatable bonds is 11. The first-order chi connectivity index (χ1) is 16.2. The molecule has 0 aliphatic heterocycles. The highest BCUT2D eigenvalue weighted by Crippen LogP contribution is 2.19. The number of amides is 4. The van der Waals surface area contributed by atoms with Gasteiger partial charge < -0.3 is 16.0 Å². The Labute approximate surface area is 202 Å². The van der Waals surface area contributed by atoms with Crippen molar-refractivity contribution < 1.29 is 14.4 Å². The summed E-state index contributed by atoms with van der Waals surface area (Å²) >= 11 is 0. The highest BCUT2D eigenvalue weighted by molar-refractivity contribution is 5.95. The topological polar surface area (TPSA) is 111 Å². The normalized spacial score (nSPS) is 11.6. The number of carbonyl (C=O) groups is 3. The molecular formula is C26H37N5O3. The predicted molar refractivity (Wildman–Crippen MR) is 135 cm³/mol. The molecule has 2 aromatic rings. The van der Waals surface area contributed by atoms with Crippen molar-refractivity contribution in [1.82, 2.24) is 21.5 Å². The lowest BCUT2D eigenvalue weighted by molar-refractivity contribution is -0.123. The molecule has 2 aromatic carbocycles. The van der Waals surface area contributed by atoms with Gasteiger partial charge in [0.05, 0.1) is 0 Å². The molecule has 2 rings (SSSR count). The Hall–Kier alpha value is -3.39. The van der Waals surface area contributed by atoms with Crippen molar-refractivity contribution in [1.29, 1.82) is 0 Å². The zero-order chi connectivity index (χ0) is 25.1. The van der Waals surface area contributed by atoms with Gasteiger partial charge in [-0.3, -0.25) is 15.0 Å². The summed E-state index contributed by atoms with van der Waals surface area (Å²) < 4.78 is 0. The maximum Gasteiger partial charge on any atom is 0.319 e. The number of nitrogens with one attached hydrogen (secondary N) is 5. The van der Waals surface area contributed by atoms with Gasteiger partial charge in [-0.15, -0.1) is 0 Å². The van der Waals surface area contributed by atoms with Crippen molar-refractivity contribution >= 4 is 23.5 Å². The fourth-order valence-corrected chi connectivity index (χ4v) is 3.45. The number of hydrazine groups is 1. The first kappa shape index (κ1) is 26.9. The maximum atomic E-state index is 12.9. The van der Waals surface area contributed by atoms with E-state index in [9.17, 15) is 14.4 Å². The molecule has 0 aromatic heterocycles. The minimum absolute atomic E-state index is 0.208. The van der Waals surface area contributed by atoms with E-state index in [4.69, 9.17) is 0 Å². The molecule has 8 heteroatoms. The number of aryl methyl sites for hydroxylation is 2. The van der Waals surface area contributed by atoms with Gasteiger partial charge in [0.2, 0.25) is 5.91 Å². The third-order valence-corrected chi connectivity index (χ3v) is 5.31. The van der Waals surface area contributed by atoms with Gasteiger partial charge in [0.15, 0.2) is 0 Å². The lowest BCUT2D eigenvalue weighted by atomic mass is 10.0. The van der Waals surface area contributed by atoms with Crippen molar-refractivity contribution in [2.45, 2.75) is 60.0 Å². The number of para-hydroxylation sites is 1. The van der Waals surface area contributed by atoms with Crippen LogP contribution in [0.3, 0.4) is 0 Å². The maximum absolute atomic E-state index is 12.9. The van der Waals surface area contributed by atoms with E-state index in [0.717, 1.165) is 28.8 Å². The molecule has 0 spiro atoms. The van der Waals surface area contributed by atoms with Gasteiger partial charge in [-0.1, -0.05) is 51.1 Å². The summed E-state index contributed by atoms with van der Waals surface area (Å²) in [5, 5.41) is 8.58. The van der Waals surface area contributed by atoms with Crippen LogP contribution in [0.5, 0.6) is 0 Å².